The molecular formula is C17H24ClN3O. The first-order chi connectivity index (χ1) is 10.2. The van der Waals surface area contributed by atoms with E-state index in [4.69, 9.17) is 5.73 Å². The zero-order chi connectivity index (χ0) is 14.8. The summed E-state index contributed by atoms with van der Waals surface area (Å²) in [6.07, 6.45) is 4.82. The van der Waals surface area contributed by atoms with Gasteiger partial charge in [-0.3, -0.25) is 4.79 Å². The van der Waals surface area contributed by atoms with Crippen LogP contribution in [-0.2, 0) is 11.2 Å². The predicted molar refractivity (Wildman–Crippen MR) is 92.2 cm³/mol. The number of nitrogens with zero attached hydrogens (tertiary/aromatic N) is 1. The molecule has 1 aliphatic heterocycles. The molecule has 3 rings (SSSR count). The number of nitrogens with one attached hydrogen (secondary N) is 1. The van der Waals surface area contributed by atoms with Crippen molar-refractivity contribution in [3.63, 3.8) is 0 Å². The molecule has 0 saturated carbocycles. The molecule has 1 fully saturated rings. The second kappa shape index (κ2) is 7.16. The van der Waals surface area contributed by atoms with Crippen LogP contribution in [0.1, 0.15) is 25.3 Å². The number of rotatable bonds is 4. The van der Waals surface area contributed by atoms with Gasteiger partial charge in [0.1, 0.15) is 0 Å². The Morgan fingerprint density at radius 1 is 1.45 bits per heavy atom. The smallest absolute Gasteiger partial charge is 0.239 e. The first kappa shape index (κ1) is 16.8. The second-order valence-corrected chi connectivity index (χ2v) is 6.02. The summed E-state index contributed by atoms with van der Waals surface area (Å²) in [6.45, 7) is 3.92. The SMILES string of the molecule is CCC1CCN(C(=O)[C@@H](N)Cc2c[nH]c3ccccc23)C1.Cl. The summed E-state index contributed by atoms with van der Waals surface area (Å²) >= 11 is 0. The van der Waals surface area contributed by atoms with Crippen LogP contribution in [0.5, 0.6) is 0 Å². The Labute approximate surface area is 137 Å². The molecule has 2 atom stereocenters. The minimum Gasteiger partial charge on any atom is -0.361 e. The van der Waals surface area contributed by atoms with Crippen molar-refractivity contribution in [2.45, 2.75) is 32.2 Å². The molecule has 1 amide bonds. The van der Waals surface area contributed by atoms with Crippen molar-refractivity contribution in [1.29, 1.82) is 0 Å². The Hall–Kier alpha value is -1.52. The van der Waals surface area contributed by atoms with Gasteiger partial charge in [0.15, 0.2) is 0 Å². The maximum Gasteiger partial charge on any atom is 0.239 e. The highest BCUT2D eigenvalue weighted by Gasteiger charge is 2.28. The quantitative estimate of drug-likeness (QED) is 0.909. The minimum atomic E-state index is -0.445. The molecule has 1 aromatic carbocycles. The van der Waals surface area contributed by atoms with Crippen molar-refractivity contribution in [2.24, 2.45) is 11.7 Å². The van der Waals surface area contributed by atoms with Crippen LogP contribution >= 0.6 is 12.4 Å². The Morgan fingerprint density at radius 2 is 2.23 bits per heavy atom. The van der Waals surface area contributed by atoms with Gasteiger partial charge in [-0.1, -0.05) is 31.5 Å². The molecular weight excluding hydrogens is 298 g/mol. The van der Waals surface area contributed by atoms with E-state index in [1.807, 2.05) is 29.3 Å². The fourth-order valence-corrected chi connectivity index (χ4v) is 3.23. The number of aromatic amines is 1. The van der Waals surface area contributed by atoms with E-state index < -0.39 is 6.04 Å². The van der Waals surface area contributed by atoms with Gasteiger partial charge in [-0.05, 0) is 30.4 Å². The molecule has 1 saturated heterocycles. The van der Waals surface area contributed by atoms with Gasteiger partial charge in [-0.25, -0.2) is 0 Å². The topological polar surface area (TPSA) is 62.1 Å². The number of fused-ring (bicyclic) bond motifs is 1. The molecule has 2 aromatic rings. The summed E-state index contributed by atoms with van der Waals surface area (Å²) in [5.41, 5.74) is 8.38. The number of halogens is 1. The molecule has 3 N–H and O–H groups in total. The second-order valence-electron chi connectivity index (χ2n) is 6.02. The normalized spacial score (nSPS) is 19.2. The van der Waals surface area contributed by atoms with Crippen LogP contribution in [0.25, 0.3) is 10.9 Å². The number of carbonyl (C=O) groups excluding carboxylic acids is 1. The van der Waals surface area contributed by atoms with Crippen molar-refractivity contribution in [1.82, 2.24) is 9.88 Å². The number of aromatic nitrogens is 1. The summed E-state index contributed by atoms with van der Waals surface area (Å²) < 4.78 is 0. The molecule has 1 aliphatic rings. The monoisotopic (exact) mass is 321 g/mol. The lowest BCUT2D eigenvalue weighted by Gasteiger charge is -2.20. The summed E-state index contributed by atoms with van der Waals surface area (Å²) in [6, 6.07) is 7.68. The van der Waals surface area contributed by atoms with Crippen molar-refractivity contribution in [2.75, 3.05) is 13.1 Å². The molecule has 0 spiro atoms. The van der Waals surface area contributed by atoms with Gasteiger partial charge in [-0.15, -0.1) is 12.4 Å². The van der Waals surface area contributed by atoms with Gasteiger partial charge in [0.05, 0.1) is 6.04 Å². The standard InChI is InChI=1S/C17H23N3O.ClH/c1-2-12-7-8-20(11-12)17(21)15(18)9-13-10-19-16-6-4-3-5-14(13)16;/h3-6,10,12,15,19H,2,7-9,11,18H2,1H3;1H/t12?,15-;/m0./s1. The summed E-state index contributed by atoms with van der Waals surface area (Å²) in [5.74, 6) is 0.741. The number of carbonyl (C=O) groups is 1. The Kier molecular flexibility index (Phi) is 5.48. The third-order valence-corrected chi connectivity index (χ3v) is 4.61. The third kappa shape index (κ3) is 3.28. The van der Waals surface area contributed by atoms with E-state index in [1.54, 1.807) is 0 Å². The maximum absolute atomic E-state index is 12.5. The van der Waals surface area contributed by atoms with Crippen LogP contribution in [0.15, 0.2) is 30.5 Å². The van der Waals surface area contributed by atoms with E-state index >= 15 is 0 Å². The summed E-state index contributed by atoms with van der Waals surface area (Å²) in [4.78, 5) is 17.6. The molecule has 5 heteroatoms. The van der Waals surface area contributed by atoms with Gasteiger partial charge in [0.2, 0.25) is 5.91 Å². The molecule has 0 aliphatic carbocycles. The first-order valence-corrected chi connectivity index (χ1v) is 7.78. The number of likely N-dealkylation sites (tertiary alicyclic amines) is 1. The van der Waals surface area contributed by atoms with Crippen LogP contribution in [0.2, 0.25) is 0 Å². The Balaban J connectivity index is 0.00000176. The molecule has 2 heterocycles. The van der Waals surface area contributed by atoms with E-state index in [0.717, 1.165) is 42.4 Å². The molecule has 1 aromatic heterocycles. The van der Waals surface area contributed by atoms with E-state index in [-0.39, 0.29) is 18.3 Å². The van der Waals surface area contributed by atoms with Crippen LogP contribution in [-0.4, -0.2) is 34.9 Å². The lowest BCUT2D eigenvalue weighted by molar-refractivity contribution is -0.131. The van der Waals surface area contributed by atoms with Crippen LogP contribution < -0.4 is 5.73 Å². The number of hydrogen-bond acceptors (Lipinski definition) is 2. The largest absolute Gasteiger partial charge is 0.361 e. The van der Waals surface area contributed by atoms with E-state index in [2.05, 4.69) is 18.0 Å². The van der Waals surface area contributed by atoms with Crippen molar-refractivity contribution in [3.8, 4) is 0 Å². The minimum absolute atomic E-state index is 0. The van der Waals surface area contributed by atoms with E-state index in [1.165, 1.54) is 0 Å². The number of H-pyrrole nitrogens is 1. The first-order valence-electron chi connectivity index (χ1n) is 7.78. The number of amides is 1. The van der Waals surface area contributed by atoms with Gasteiger partial charge >= 0.3 is 0 Å². The van der Waals surface area contributed by atoms with Gasteiger partial charge < -0.3 is 15.6 Å². The molecule has 4 nitrogen and oxygen atoms in total. The third-order valence-electron chi connectivity index (χ3n) is 4.61. The number of nitrogens with two attached hydrogens (primary N) is 1. The van der Waals surface area contributed by atoms with Crippen molar-refractivity contribution >= 4 is 29.2 Å². The zero-order valence-corrected chi connectivity index (χ0v) is 13.7. The maximum atomic E-state index is 12.5. The molecule has 22 heavy (non-hydrogen) atoms. The summed E-state index contributed by atoms with van der Waals surface area (Å²) in [7, 11) is 0. The molecule has 0 bridgehead atoms. The number of hydrogen-bond donors (Lipinski definition) is 2. The van der Waals surface area contributed by atoms with Crippen LogP contribution in [0.3, 0.4) is 0 Å². The highest BCUT2D eigenvalue weighted by Crippen LogP contribution is 2.22. The Morgan fingerprint density at radius 3 is 2.95 bits per heavy atom. The highest BCUT2D eigenvalue weighted by atomic mass is 35.5. The van der Waals surface area contributed by atoms with Crippen LogP contribution in [0, 0.1) is 5.92 Å². The van der Waals surface area contributed by atoms with Crippen molar-refractivity contribution in [3.05, 3.63) is 36.0 Å². The Bertz CT molecular complexity index is 640. The predicted octanol–water partition coefficient (Wildman–Crippen LogP) is 2.72. The van der Waals surface area contributed by atoms with Gasteiger partial charge in [-0.2, -0.15) is 0 Å². The summed E-state index contributed by atoms with van der Waals surface area (Å²) in [5, 5.41) is 1.16. The fraction of sp³-hybridized carbons (Fsp3) is 0.471. The van der Waals surface area contributed by atoms with Crippen LogP contribution in [0.4, 0.5) is 0 Å². The van der Waals surface area contributed by atoms with Crippen molar-refractivity contribution < 1.29 is 4.79 Å². The average Bonchev–Trinajstić information content (AvgIpc) is 3.14. The fourth-order valence-electron chi connectivity index (χ4n) is 3.23. The average molecular weight is 322 g/mol. The molecule has 0 radical (unpaired) electrons. The highest BCUT2D eigenvalue weighted by molar-refractivity contribution is 5.86. The van der Waals surface area contributed by atoms with Gasteiger partial charge in [0.25, 0.3) is 0 Å². The molecule has 120 valence electrons. The van der Waals surface area contributed by atoms with Gasteiger partial charge in [0, 0.05) is 30.2 Å². The molecule has 1 unspecified atom stereocenters. The van der Waals surface area contributed by atoms with E-state index in [9.17, 15) is 4.79 Å². The van der Waals surface area contributed by atoms with E-state index in [0.29, 0.717) is 12.3 Å². The number of para-hydroxylation sites is 1. The number of benzene rings is 1. The zero-order valence-electron chi connectivity index (χ0n) is 12.9. The lowest BCUT2D eigenvalue weighted by Crippen LogP contribution is -2.43. The lowest BCUT2D eigenvalue weighted by atomic mass is 10.0.